The fourth-order valence-corrected chi connectivity index (χ4v) is 3.31. The van der Waals surface area contributed by atoms with Crippen molar-refractivity contribution >= 4 is 5.91 Å². The molecule has 2 aliphatic rings. The van der Waals surface area contributed by atoms with Gasteiger partial charge in [-0.25, -0.2) is 0 Å². The Morgan fingerprint density at radius 3 is 3.12 bits per heavy atom. The van der Waals surface area contributed by atoms with Gasteiger partial charge in [0.15, 0.2) is 12.4 Å². The summed E-state index contributed by atoms with van der Waals surface area (Å²) in [6.45, 7) is 1.35. The van der Waals surface area contributed by atoms with Crippen LogP contribution in [0.2, 0.25) is 0 Å². The molecule has 0 radical (unpaired) electrons. The number of ether oxygens (including phenoxy) is 2. The summed E-state index contributed by atoms with van der Waals surface area (Å²) in [5, 5.41) is 3.83. The summed E-state index contributed by atoms with van der Waals surface area (Å²) in [6.07, 6.45) is 4.67. The largest absolute Gasteiger partial charge is 0.484 e. The molecular formula is C17H19N3O4. The van der Waals surface area contributed by atoms with Crippen LogP contribution in [0.1, 0.15) is 29.4 Å². The molecule has 24 heavy (non-hydrogen) atoms. The number of rotatable bonds is 4. The topological polar surface area (TPSA) is 77.7 Å². The molecule has 1 aromatic carbocycles. The average molecular weight is 329 g/mol. The van der Waals surface area contributed by atoms with E-state index < -0.39 is 0 Å². The van der Waals surface area contributed by atoms with Gasteiger partial charge in [0.2, 0.25) is 6.39 Å². The SMILES string of the molecule is O=C(COc1ccc2c(c1)CCC2)N1CCOC[C@H]1c1ncon1. The summed E-state index contributed by atoms with van der Waals surface area (Å²) in [6, 6.07) is 5.76. The lowest BCUT2D eigenvalue weighted by atomic mass is 10.1. The van der Waals surface area contributed by atoms with Crippen LogP contribution < -0.4 is 4.74 Å². The van der Waals surface area contributed by atoms with E-state index >= 15 is 0 Å². The van der Waals surface area contributed by atoms with Crippen molar-refractivity contribution in [3.05, 3.63) is 41.5 Å². The van der Waals surface area contributed by atoms with Crippen LogP contribution >= 0.6 is 0 Å². The highest BCUT2D eigenvalue weighted by Gasteiger charge is 2.31. The van der Waals surface area contributed by atoms with Crippen molar-refractivity contribution in [2.75, 3.05) is 26.4 Å². The van der Waals surface area contributed by atoms with Crippen molar-refractivity contribution in [2.45, 2.75) is 25.3 Å². The van der Waals surface area contributed by atoms with Crippen molar-refractivity contribution in [2.24, 2.45) is 0 Å². The van der Waals surface area contributed by atoms with Crippen LogP contribution in [0.3, 0.4) is 0 Å². The summed E-state index contributed by atoms with van der Waals surface area (Å²) in [7, 11) is 0. The average Bonchev–Trinajstić information content (AvgIpc) is 3.30. The summed E-state index contributed by atoms with van der Waals surface area (Å²) in [4.78, 5) is 18.3. The van der Waals surface area contributed by atoms with Crippen LogP contribution in [0.5, 0.6) is 5.75 Å². The molecule has 7 nitrogen and oxygen atoms in total. The molecule has 1 amide bonds. The number of fused-ring (bicyclic) bond motifs is 1. The van der Waals surface area contributed by atoms with Crippen LogP contribution in [-0.4, -0.2) is 47.3 Å². The zero-order chi connectivity index (χ0) is 16.4. The highest BCUT2D eigenvalue weighted by molar-refractivity contribution is 5.78. The van der Waals surface area contributed by atoms with Crippen LogP contribution in [0.4, 0.5) is 0 Å². The quantitative estimate of drug-likeness (QED) is 0.847. The van der Waals surface area contributed by atoms with Crippen molar-refractivity contribution in [1.82, 2.24) is 15.0 Å². The van der Waals surface area contributed by atoms with E-state index in [1.807, 2.05) is 12.1 Å². The van der Waals surface area contributed by atoms with Gasteiger partial charge in [0.05, 0.1) is 13.2 Å². The molecule has 7 heteroatoms. The standard InChI is InChI=1S/C17H19N3O4/c21-16(10-23-14-5-4-12-2-1-3-13(12)8-14)20-6-7-22-9-15(20)17-18-11-24-19-17/h4-5,8,11,15H,1-3,6-7,9-10H2/t15-/m0/s1. The van der Waals surface area contributed by atoms with Gasteiger partial charge in [-0.15, -0.1) is 0 Å². The zero-order valence-corrected chi connectivity index (χ0v) is 13.3. The van der Waals surface area contributed by atoms with Gasteiger partial charge in [-0.3, -0.25) is 4.79 Å². The second-order valence-electron chi connectivity index (χ2n) is 6.04. The first-order valence-electron chi connectivity index (χ1n) is 8.19. The van der Waals surface area contributed by atoms with Crippen molar-refractivity contribution in [3.8, 4) is 5.75 Å². The molecule has 1 aliphatic heterocycles. The number of carbonyl (C=O) groups is 1. The summed E-state index contributed by atoms with van der Waals surface area (Å²) >= 11 is 0. The number of amides is 1. The predicted octanol–water partition coefficient (Wildman–Crippen LogP) is 1.54. The van der Waals surface area contributed by atoms with Crippen LogP contribution in [0, 0.1) is 0 Å². The molecule has 0 saturated carbocycles. The number of hydrogen-bond donors (Lipinski definition) is 0. The minimum absolute atomic E-state index is 0.00681. The fraction of sp³-hybridized carbons (Fsp3) is 0.471. The van der Waals surface area contributed by atoms with E-state index in [-0.39, 0.29) is 18.6 Å². The predicted molar refractivity (Wildman–Crippen MR) is 83.5 cm³/mol. The maximum absolute atomic E-state index is 12.6. The van der Waals surface area contributed by atoms with E-state index in [0.717, 1.165) is 18.6 Å². The molecule has 2 aromatic rings. The molecule has 1 aromatic heterocycles. The Morgan fingerprint density at radius 2 is 2.25 bits per heavy atom. The maximum Gasteiger partial charge on any atom is 0.261 e. The number of aryl methyl sites for hydroxylation is 2. The van der Waals surface area contributed by atoms with E-state index in [2.05, 4.69) is 16.2 Å². The molecule has 2 heterocycles. The lowest BCUT2D eigenvalue weighted by molar-refractivity contribution is -0.142. The first kappa shape index (κ1) is 15.1. The number of hydrogen-bond acceptors (Lipinski definition) is 6. The number of carbonyl (C=O) groups excluding carboxylic acids is 1. The van der Waals surface area contributed by atoms with Crippen molar-refractivity contribution in [3.63, 3.8) is 0 Å². The van der Waals surface area contributed by atoms with Gasteiger partial charge >= 0.3 is 0 Å². The van der Waals surface area contributed by atoms with Crippen molar-refractivity contribution in [1.29, 1.82) is 0 Å². The minimum atomic E-state index is -0.325. The van der Waals surface area contributed by atoms with Crippen LogP contribution in [0.15, 0.2) is 29.1 Å². The monoisotopic (exact) mass is 329 g/mol. The smallest absolute Gasteiger partial charge is 0.261 e. The Morgan fingerprint density at radius 1 is 1.33 bits per heavy atom. The van der Waals surface area contributed by atoms with E-state index in [0.29, 0.717) is 25.6 Å². The first-order valence-corrected chi connectivity index (χ1v) is 8.19. The fourth-order valence-electron chi connectivity index (χ4n) is 3.31. The zero-order valence-electron chi connectivity index (χ0n) is 13.3. The van der Waals surface area contributed by atoms with Gasteiger partial charge in [-0.05, 0) is 42.5 Å². The minimum Gasteiger partial charge on any atom is -0.484 e. The second kappa shape index (κ2) is 6.60. The molecule has 0 spiro atoms. The van der Waals surface area contributed by atoms with Crippen molar-refractivity contribution < 1.29 is 18.8 Å². The summed E-state index contributed by atoms with van der Waals surface area (Å²) < 4.78 is 15.9. The Kier molecular flexibility index (Phi) is 4.17. The third-order valence-corrected chi connectivity index (χ3v) is 4.56. The normalized spacial score (nSPS) is 20.0. The molecule has 0 bridgehead atoms. The first-order chi connectivity index (χ1) is 11.8. The van der Waals surface area contributed by atoms with Gasteiger partial charge < -0.3 is 18.9 Å². The Hall–Kier alpha value is -2.41. The van der Waals surface area contributed by atoms with Gasteiger partial charge in [0, 0.05) is 6.54 Å². The third-order valence-electron chi connectivity index (χ3n) is 4.56. The molecule has 1 atom stereocenters. The van der Waals surface area contributed by atoms with E-state index in [4.69, 9.17) is 14.0 Å². The van der Waals surface area contributed by atoms with Crippen LogP contribution in [-0.2, 0) is 22.4 Å². The summed E-state index contributed by atoms with van der Waals surface area (Å²) in [5.41, 5.74) is 2.72. The number of morpholine rings is 1. The lowest BCUT2D eigenvalue weighted by Gasteiger charge is -2.33. The maximum atomic E-state index is 12.6. The second-order valence-corrected chi connectivity index (χ2v) is 6.04. The Bertz CT molecular complexity index is 717. The third kappa shape index (κ3) is 2.99. The molecule has 4 rings (SSSR count). The Balaban J connectivity index is 1.41. The number of aromatic nitrogens is 2. The highest BCUT2D eigenvalue weighted by Crippen LogP contribution is 2.26. The number of nitrogens with zero attached hydrogens (tertiary/aromatic N) is 3. The molecule has 126 valence electrons. The molecular weight excluding hydrogens is 310 g/mol. The van der Waals surface area contributed by atoms with Gasteiger partial charge in [-0.2, -0.15) is 4.98 Å². The van der Waals surface area contributed by atoms with Crippen LogP contribution in [0.25, 0.3) is 0 Å². The molecule has 0 unspecified atom stereocenters. The van der Waals surface area contributed by atoms with E-state index in [9.17, 15) is 4.79 Å². The van der Waals surface area contributed by atoms with Gasteiger partial charge in [0.1, 0.15) is 11.8 Å². The molecule has 1 aliphatic carbocycles. The summed E-state index contributed by atoms with van der Waals surface area (Å²) in [5.74, 6) is 1.10. The highest BCUT2D eigenvalue weighted by atomic mass is 16.5. The Labute approximate surface area is 139 Å². The number of benzene rings is 1. The van der Waals surface area contributed by atoms with E-state index in [1.54, 1.807) is 4.90 Å². The van der Waals surface area contributed by atoms with E-state index in [1.165, 1.54) is 23.9 Å². The van der Waals surface area contributed by atoms with Gasteiger partial charge in [-0.1, -0.05) is 11.2 Å². The lowest BCUT2D eigenvalue weighted by Crippen LogP contribution is -2.45. The molecule has 1 fully saturated rings. The van der Waals surface area contributed by atoms with Gasteiger partial charge in [0.25, 0.3) is 5.91 Å². The molecule has 1 saturated heterocycles. The molecule has 0 N–H and O–H groups in total.